The van der Waals surface area contributed by atoms with E-state index in [1.165, 1.54) is 0 Å². The number of carbonyl (C=O) groups excluding carboxylic acids is 1. The summed E-state index contributed by atoms with van der Waals surface area (Å²) in [6, 6.07) is 12.2. The third kappa shape index (κ3) is 3.97. The fraction of sp³-hybridized carbons (Fsp3) is 0.188. The van der Waals surface area contributed by atoms with Gasteiger partial charge in [0.05, 0.1) is 6.04 Å². The van der Waals surface area contributed by atoms with Crippen molar-refractivity contribution >= 4 is 29.1 Å². The van der Waals surface area contributed by atoms with Gasteiger partial charge in [0.2, 0.25) is 0 Å². The molecule has 3 N–H and O–H groups in total. The lowest BCUT2D eigenvalue weighted by Crippen LogP contribution is -2.26. The van der Waals surface area contributed by atoms with Gasteiger partial charge in [-0.2, -0.15) is 0 Å². The Balaban J connectivity index is 2.10. The predicted octanol–water partition coefficient (Wildman–Crippen LogP) is 3.94. The number of carbonyl (C=O) groups is 1. The van der Waals surface area contributed by atoms with Gasteiger partial charge in [0.25, 0.3) is 5.91 Å². The molecule has 2 aromatic carbocycles. The Morgan fingerprint density at radius 2 is 1.86 bits per heavy atom. The zero-order valence-corrected chi connectivity index (χ0v) is 13.1. The molecule has 110 valence electrons. The largest absolute Gasteiger partial charge is 0.345 e. The van der Waals surface area contributed by atoms with Crippen LogP contribution < -0.4 is 11.1 Å². The quantitative estimate of drug-likeness (QED) is 0.895. The molecule has 0 aliphatic rings. The first-order valence-corrected chi connectivity index (χ1v) is 7.31. The summed E-state index contributed by atoms with van der Waals surface area (Å²) >= 11 is 12.0. The molecule has 0 spiro atoms. The average molecular weight is 323 g/mol. The molecule has 0 saturated carbocycles. The molecule has 0 radical (unpaired) electrons. The highest BCUT2D eigenvalue weighted by Crippen LogP contribution is 2.26. The molecule has 21 heavy (non-hydrogen) atoms. The van der Waals surface area contributed by atoms with Gasteiger partial charge in [-0.3, -0.25) is 4.79 Å². The second-order valence-corrected chi connectivity index (χ2v) is 5.61. The molecule has 2 rings (SSSR count). The van der Waals surface area contributed by atoms with E-state index in [0.29, 0.717) is 22.2 Å². The molecule has 0 fully saturated rings. The van der Waals surface area contributed by atoms with Crippen LogP contribution in [0, 0.1) is 0 Å². The highest BCUT2D eigenvalue weighted by atomic mass is 35.5. The van der Waals surface area contributed by atoms with E-state index in [4.69, 9.17) is 28.9 Å². The van der Waals surface area contributed by atoms with Crippen molar-refractivity contribution in [1.29, 1.82) is 0 Å². The number of halogens is 2. The van der Waals surface area contributed by atoms with Crippen LogP contribution in [0.15, 0.2) is 42.5 Å². The van der Waals surface area contributed by atoms with Gasteiger partial charge in [-0.05, 0) is 42.3 Å². The van der Waals surface area contributed by atoms with E-state index >= 15 is 0 Å². The number of nitrogens with one attached hydrogen (secondary N) is 1. The fourth-order valence-corrected chi connectivity index (χ4v) is 2.57. The van der Waals surface area contributed by atoms with Gasteiger partial charge >= 0.3 is 0 Å². The molecule has 5 heteroatoms. The van der Waals surface area contributed by atoms with Crippen LogP contribution in [-0.4, -0.2) is 5.91 Å². The molecule has 0 aromatic heterocycles. The van der Waals surface area contributed by atoms with Crippen LogP contribution in [0.2, 0.25) is 10.0 Å². The van der Waals surface area contributed by atoms with Crippen molar-refractivity contribution in [3.63, 3.8) is 0 Å². The standard InChI is InChI=1S/C16H16Cl2N2O/c1-10(14-7-6-13(17)8-15(14)18)20-16(21)12-4-2-11(9-19)3-5-12/h2-8,10H,9,19H2,1H3,(H,20,21). The molecular formula is C16H16Cl2N2O. The van der Waals surface area contributed by atoms with Crippen LogP contribution in [0.1, 0.15) is 34.5 Å². The third-order valence-electron chi connectivity index (χ3n) is 3.23. The Morgan fingerprint density at radius 3 is 2.43 bits per heavy atom. The maximum atomic E-state index is 12.2. The Labute approximate surface area is 134 Å². The van der Waals surface area contributed by atoms with Crippen LogP contribution in [0.5, 0.6) is 0 Å². The molecule has 0 aliphatic heterocycles. The van der Waals surface area contributed by atoms with E-state index in [1.54, 1.807) is 24.3 Å². The molecule has 0 heterocycles. The van der Waals surface area contributed by atoms with Gasteiger partial charge in [-0.1, -0.05) is 41.4 Å². The van der Waals surface area contributed by atoms with E-state index in [2.05, 4.69) is 5.32 Å². The SMILES string of the molecule is CC(NC(=O)c1ccc(CN)cc1)c1ccc(Cl)cc1Cl. The van der Waals surface area contributed by atoms with Crippen molar-refractivity contribution in [3.8, 4) is 0 Å². The van der Waals surface area contributed by atoms with Gasteiger partial charge in [-0.25, -0.2) is 0 Å². The smallest absolute Gasteiger partial charge is 0.251 e. The van der Waals surface area contributed by atoms with Crippen LogP contribution >= 0.6 is 23.2 Å². The number of amides is 1. The minimum Gasteiger partial charge on any atom is -0.345 e. The lowest BCUT2D eigenvalue weighted by atomic mass is 10.1. The summed E-state index contributed by atoms with van der Waals surface area (Å²) in [4.78, 5) is 12.2. The summed E-state index contributed by atoms with van der Waals surface area (Å²) in [5, 5.41) is 4.02. The number of hydrogen-bond acceptors (Lipinski definition) is 2. The Morgan fingerprint density at radius 1 is 1.19 bits per heavy atom. The normalized spacial score (nSPS) is 12.0. The molecule has 1 unspecified atom stereocenters. The van der Waals surface area contributed by atoms with E-state index in [-0.39, 0.29) is 11.9 Å². The van der Waals surface area contributed by atoms with Crippen molar-refractivity contribution < 1.29 is 4.79 Å². The molecule has 0 bridgehead atoms. The van der Waals surface area contributed by atoms with Crippen LogP contribution in [-0.2, 0) is 6.54 Å². The number of rotatable bonds is 4. The summed E-state index contributed by atoms with van der Waals surface area (Å²) in [7, 11) is 0. The second-order valence-electron chi connectivity index (χ2n) is 4.76. The van der Waals surface area contributed by atoms with Crippen molar-refractivity contribution in [2.45, 2.75) is 19.5 Å². The molecule has 2 aromatic rings. The van der Waals surface area contributed by atoms with E-state index in [9.17, 15) is 4.79 Å². The van der Waals surface area contributed by atoms with Gasteiger partial charge in [0, 0.05) is 22.2 Å². The van der Waals surface area contributed by atoms with Gasteiger partial charge in [-0.15, -0.1) is 0 Å². The maximum absolute atomic E-state index is 12.2. The summed E-state index contributed by atoms with van der Waals surface area (Å²) in [6.07, 6.45) is 0. The first-order chi connectivity index (χ1) is 10.0. The number of nitrogens with two attached hydrogens (primary N) is 1. The Bertz CT molecular complexity index is 641. The van der Waals surface area contributed by atoms with E-state index < -0.39 is 0 Å². The van der Waals surface area contributed by atoms with Crippen LogP contribution in [0.3, 0.4) is 0 Å². The zero-order chi connectivity index (χ0) is 15.4. The van der Waals surface area contributed by atoms with Crippen molar-refractivity contribution in [2.75, 3.05) is 0 Å². The first kappa shape index (κ1) is 15.8. The topological polar surface area (TPSA) is 55.1 Å². The molecule has 0 saturated heterocycles. The maximum Gasteiger partial charge on any atom is 0.251 e. The zero-order valence-electron chi connectivity index (χ0n) is 11.6. The van der Waals surface area contributed by atoms with Crippen LogP contribution in [0.4, 0.5) is 0 Å². The monoisotopic (exact) mass is 322 g/mol. The third-order valence-corrected chi connectivity index (χ3v) is 3.79. The summed E-state index contributed by atoms with van der Waals surface area (Å²) in [5.41, 5.74) is 7.94. The van der Waals surface area contributed by atoms with Gasteiger partial charge < -0.3 is 11.1 Å². The Hall–Kier alpha value is -1.55. The Kier molecular flexibility index (Phi) is 5.23. The summed E-state index contributed by atoms with van der Waals surface area (Å²) < 4.78 is 0. The highest BCUT2D eigenvalue weighted by molar-refractivity contribution is 6.35. The number of benzene rings is 2. The van der Waals surface area contributed by atoms with Crippen molar-refractivity contribution in [2.24, 2.45) is 5.73 Å². The first-order valence-electron chi connectivity index (χ1n) is 6.56. The molecule has 0 aliphatic carbocycles. The van der Waals surface area contributed by atoms with Crippen LogP contribution in [0.25, 0.3) is 0 Å². The molecule has 1 amide bonds. The summed E-state index contributed by atoms with van der Waals surface area (Å²) in [6.45, 7) is 2.33. The van der Waals surface area contributed by atoms with Crippen molar-refractivity contribution in [3.05, 3.63) is 69.2 Å². The van der Waals surface area contributed by atoms with Crippen molar-refractivity contribution in [1.82, 2.24) is 5.32 Å². The van der Waals surface area contributed by atoms with Gasteiger partial charge in [0.1, 0.15) is 0 Å². The second kappa shape index (κ2) is 6.94. The summed E-state index contributed by atoms with van der Waals surface area (Å²) in [5.74, 6) is -0.155. The lowest BCUT2D eigenvalue weighted by molar-refractivity contribution is 0.0940. The predicted molar refractivity (Wildman–Crippen MR) is 86.7 cm³/mol. The van der Waals surface area contributed by atoms with E-state index in [0.717, 1.165) is 11.1 Å². The molecule has 3 nitrogen and oxygen atoms in total. The molecule has 1 atom stereocenters. The molecular weight excluding hydrogens is 307 g/mol. The van der Waals surface area contributed by atoms with E-state index in [1.807, 2.05) is 25.1 Å². The minimum absolute atomic E-state index is 0.155. The highest BCUT2D eigenvalue weighted by Gasteiger charge is 2.14. The lowest BCUT2D eigenvalue weighted by Gasteiger charge is -2.16. The van der Waals surface area contributed by atoms with Gasteiger partial charge in [0.15, 0.2) is 0 Å². The minimum atomic E-state index is -0.212. The average Bonchev–Trinajstić information content (AvgIpc) is 2.47. The fourth-order valence-electron chi connectivity index (χ4n) is 2.00. The number of hydrogen-bond donors (Lipinski definition) is 2.